The predicted molar refractivity (Wildman–Crippen MR) is 110 cm³/mol. The lowest BCUT2D eigenvalue weighted by Crippen LogP contribution is -1.97. The number of ether oxygens (including phenoxy) is 1. The van der Waals surface area contributed by atoms with Gasteiger partial charge in [0, 0.05) is 17.4 Å². The maximum atomic E-state index is 8.53. The van der Waals surface area contributed by atoms with Crippen molar-refractivity contribution in [2.24, 2.45) is 5.10 Å². The van der Waals surface area contributed by atoms with Gasteiger partial charge in [0.15, 0.2) is 0 Å². The molecule has 0 aliphatic heterocycles. The van der Waals surface area contributed by atoms with E-state index in [2.05, 4.69) is 21.6 Å². The third kappa shape index (κ3) is 5.94. The van der Waals surface area contributed by atoms with Gasteiger partial charge in [-0.2, -0.15) is 10.4 Å². The van der Waals surface area contributed by atoms with Crippen molar-refractivity contribution in [3.8, 4) is 23.1 Å². The maximum Gasteiger partial charge on any atom is 0.203 e. The van der Waals surface area contributed by atoms with E-state index in [9.17, 15) is 0 Å². The summed E-state index contributed by atoms with van der Waals surface area (Å²) in [5, 5.41) is 15.5. The number of nitrogens with one attached hydrogen (secondary N) is 1. The molecule has 0 bridgehead atoms. The summed E-state index contributed by atoms with van der Waals surface area (Å²) < 4.78 is 5.71. The molecule has 0 amide bonds. The van der Waals surface area contributed by atoms with E-state index < -0.39 is 0 Å². The molecular formula is C21H20N4OS. The Balaban J connectivity index is 1.52. The maximum absolute atomic E-state index is 8.53. The molecular weight excluding hydrogens is 356 g/mol. The molecule has 0 radical (unpaired) electrons. The third-order valence-electron chi connectivity index (χ3n) is 3.76. The first-order chi connectivity index (χ1) is 13.3. The molecule has 1 aromatic heterocycles. The van der Waals surface area contributed by atoms with Crippen LogP contribution in [0.4, 0.5) is 5.13 Å². The molecule has 0 saturated heterocycles. The number of aromatic nitrogens is 1. The fourth-order valence-corrected chi connectivity index (χ4v) is 3.08. The van der Waals surface area contributed by atoms with Crippen LogP contribution in [0.2, 0.25) is 0 Å². The second kappa shape index (κ2) is 10.1. The number of hydrazone groups is 1. The van der Waals surface area contributed by atoms with Crippen molar-refractivity contribution >= 4 is 22.7 Å². The number of nitriles is 1. The Kier molecular flexibility index (Phi) is 6.96. The van der Waals surface area contributed by atoms with Crippen LogP contribution in [-0.4, -0.2) is 17.8 Å². The Morgan fingerprint density at radius 3 is 2.89 bits per heavy atom. The van der Waals surface area contributed by atoms with Gasteiger partial charge in [0.25, 0.3) is 0 Å². The molecule has 0 unspecified atom stereocenters. The van der Waals surface area contributed by atoms with Gasteiger partial charge in [-0.15, -0.1) is 11.3 Å². The zero-order valence-electron chi connectivity index (χ0n) is 14.8. The quantitative estimate of drug-likeness (QED) is 0.311. The van der Waals surface area contributed by atoms with Crippen molar-refractivity contribution in [3.05, 3.63) is 65.5 Å². The van der Waals surface area contributed by atoms with E-state index in [1.165, 1.54) is 11.3 Å². The van der Waals surface area contributed by atoms with E-state index >= 15 is 0 Å². The normalized spacial score (nSPS) is 10.6. The van der Waals surface area contributed by atoms with Crippen LogP contribution in [0.1, 0.15) is 24.8 Å². The van der Waals surface area contributed by atoms with E-state index in [1.807, 2.05) is 60.0 Å². The van der Waals surface area contributed by atoms with Gasteiger partial charge in [0.2, 0.25) is 5.13 Å². The summed E-state index contributed by atoms with van der Waals surface area (Å²) in [5.74, 6) is 0.802. The molecule has 0 aliphatic rings. The Hall–Kier alpha value is -3.17. The van der Waals surface area contributed by atoms with Gasteiger partial charge < -0.3 is 4.74 Å². The Bertz CT molecular complexity index is 915. The largest absolute Gasteiger partial charge is 0.494 e. The number of nitrogens with zero attached hydrogens (tertiary/aromatic N) is 3. The fraction of sp³-hybridized carbons (Fsp3) is 0.190. The molecule has 0 fully saturated rings. The average molecular weight is 376 g/mol. The summed E-state index contributed by atoms with van der Waals surface area (Å²) in [4.78, 5) is 4.54. The van der Waals surface area contributed by atoms with Crippen LogP contribution in [0.25, 0.3) is 11.3 Å². The molecule has 1 N–H and O–H groups in total. The summed E-state index contributed by atoms with van der Waals surface area (Å²) in [5.41, 5.74) is 5.94. The lowest BCUT2D eigenvalue weighted by molar-refractivity contribution is 0.307. The highest BCUT2D eigenvalue weighted by molar-refractivity contribution is 7.14. The van der Waals surface area contributed by atoms with Crippen molar-refractivity contribution in [1.29, 1.82) is 5.26 Å². The molecule has 0 saturated carbocycles. The predicted octanol–water partition coefficient (Wildman–Crippen LogP) is 5.33. The van der Waals surface area contributed by atoms with E-state index in [4.69, 9.17) is 10.00 Å². The van der Waals surface area contributed by atoms with Gasteiger partial charge in [0.05, 0.1) is 24.6 Å². The van der Waals surface area contributed by atoms with Crippen molar-refractivity contribution in [2.75, 3.05) is 12.0 Å². The van der Waals surface area contributed by atoms with Crippen LogP contribution in [-0.2, 0) is 0 Å². The van der Waals surface area contributed by atoms with Crippen molar-refractivity contribution in [1.82, 2.24) is 4.98 Å². The SMILES string of the molecule is N#CCCCCOc1cccc(C=NNc2nc(-c3ccccc3)cs2)c1. The fourth-order valence-electron chi connectivity index (χ4n) is 2.41. The molecule has 0 aliphatic carbocycles. The first-order valence-electron chi connectivity index (χ1n) is 8.75. The molecule has 27 heavy (non-hydrogen) atoms. The van der Waals surface area contributed by atoms with Crippen LogP contribution in [0, 0.1) is 11.3 Å². The Labute approximate surface area is 163 Å². The van der Waals surface area contributed by atoms with Gasteiger partial charge >= 0.3 is 0 Å². The highest BCUT2D eigenvalue weighted by Crippen LogP contribution is 2.24. The van der Waals surface area contributed by atoms with E-state index in [1.54, 1.807) is 6.21 Å². The van der Waals surface area contributed by atoms with Crippen molar-refractivity contribution in [2.45, 2.75) is 19.3 Å². The van der Waals surface area contributed by atoms with Crippen LogP contribution in [0.3, 0.4) is 0 Å². The lowest BCUT2D eigenvalue weighted by atomic mass is 10.2. The van der Waals surface area contributed by atoms with Crippen LogP contribution < -0.4 is 10.2 Å². The number of benzene rings is 2. The standard InChI is InChI=1S/C21H20N4OS/c22-12-5-2-6-13-26-19-11-7-8-17(14-19)15-23-25-21-24-20(16-27-21)18-9-3-1-4-10-18/h1,3-4,7-11,14-16H,2,5-6,13H2,(H,24,25). The molecule has 3 rings (SSSR count). The molecule has 3 aromatic rings. The monoisotopic (exact) mass is 376 g/mol. The second-order valence-electron chi connectivity index (χ2n) is 5.81. The minimum Gasteiger partial charge on any atom is -0.494 e. The number of unbranched alkanes of at least 4 members (excludes halogenated alkanes) is 2. The summed E-state index contributed by atoms with van der Waals surface area (Å²) in [6.07, 6.45) is 4.05. The molecule has 1 heterocycles. The number of hydrogen-bond donors (Lipinski definition) is 1. The van der Waals surface area contributed by atoms with Crippen LogP contribution in [0.5, 0.6) is 5.75 Å². The minimum absolute atomic E-state index is 0.574. The Morgan fingerprint density at radius 2 is 2.04 bits per heavy atom. The summed E-state index contributed by atoms with van der Waals surface area (Å²) in [6, 6.07) is 19.9. The number of anilines is 1. The molecule has 0 spiro atoms. The zero-order valence-corrected chi connectivity index (χ0v) is 15.7. The second-order valence-corrected chi connectivity index (χ2v) is 6.67. The molecule has 136 valence electrons. The first-order valence-corrected chi connectivity index (χ1v) is 9.63. The number of thiazole rings is 1. The minimum atomic E-state index is 0.574. The lowest BCUT2D eigenvalue weighted by Gasteiger charge is -2.05. The van der Waals surface area contributed by atoms with E-state index in [-0.39, 0.29) is 0 Å². The van der Waals surface area contributed by atoms with Gasteiger partial charge in [-0.3, -0.25) is 5.43 Å². The third-order valence-corrected chi connectivity index (χ3v) is 4.50. The average Bonchev–Trinajstić information content (AvgIpc) is 3.18. The Morgan fingerprint density at radius 1 is 1.15 bits per heavy atom. The molecule has 5 nitrogen and oxygen atoms in total. The van der Waals surface area contributed by atoms with Gasteiger partial charge in [-0.05, 0) is 30.5 Å². The molecule has 2 aromatic carbocycles. The zero-order chi connectivity index (χ0) is 18.7. The highest BCUT2D eigenvalue weighted by Gasteiger charge is 2.03. The van der Waals surface area contributed by atoms with Crippen molar-refractivity contribution in [3.63, 3.8) is 0 Å². The van der Waals surface area contributed by atoms with Gasteiger partial charge in [-0.25, -0.2) is 4.98 Å². The molecule has 0 atom stereocenters. The van der Waals surface area contributed by atoms with E-state index in [0.717, 1.165) is 40.5 Å². The van der Waals surface area contributed by atoms with Crippen molar-refractivity contribution < 1.29 is 4.74 Å². The number of hydrogen-bond acceptors (Lipinski definition) is 6. The summed E-state index contributed by atoms with van der Waals surface area (Å²) in [7, 11) is 0. The van der Waals surface area contributed by atoms with Crippen LogP contribution in [0.15, 0.2) is 65.1 Å². The highest BCUT2D eigenvalue weighted by atomic mass is 32.1. The smallest absolute Gasteiger partial charge is 0.203 e. The topological polar surface area (TPSA) is 70.3 Å². The van der Waals surface area contributed by atoms with Gasteiger partial charge in [0.1, 0.15) is 5.75 Å². The first kappa shape index (κ1) is 18.6. The van der Waals surface area contributed by atoms with E-state index in [0.29, 0.717) is 13.0 Å². The summed E-state index contributed by atoms with van der Waals surface area (Å²) in [6.45, 7) is 0.613. The van der Waals surface area contributed by atoms with Crippen LogP contribution >= 0.6 is 11.3 Å². The van der Waals surface area contributed by atoms with Gasteiger partial charge in [-0.1, -0.05) is 42.5 Å². The summed E-state index contributed by atoms with van der Waals surface area (Å²) >= 11 is 1.52. The molecule has 6 heteroatoms. The number of rotatable bonds is 9.